The summed E-state index contributed by atoms with van der Waals surface area (Å²) in [5, 5.41) is 0. The lowest BCUT2D eigenvalue weighted by molar-refractivity contribution is -0.159. The average Bonchev–Trinajstić information content (AvgIpc) is 3.08. The molecule has 6 nitrogen and oxygen atoms in total. The SMILES string of the molecule is CC1(C)O[C@H]2[C@H](OC(=O)c3ccccc3)[C@@H](OC(=O)c3ccccc3)C=C(I)[C@H]2O1. The van der Waals surface area contributed by atoms with E-state index in [0.29, 0.717) is 11.1 Å². The number of rotatable bonds is 4. The van der Waals surface area contributed by atoms with Gasteiger partial charge in [0.15, 0.2) is 18.0 Å². The monoisotopic (exact) mass is 520 g/mol. The van der Waals surface area contributed by atoms with Crippen molar-refractivity contribution in [1.82, 2.24) is 0 Å². The third-order valence-corrected chi connectivity index (χ3v) is 5.85. The van der Waals surface area contributed by atoms with Crippen LogP contribution >= 0.6 is 22.6 Å². The predicted molar refractivity (Wildman–Crippen MR) is 117 cm³/mol. The topological polar surface area (TPSA) is 71.1 Å². The third-order valence-electron chi connectivity index (χ3n) is 4.88. The maximum absolute atomic E-state index is 12.8. The summed E-state index contributed by atoms with van der Waals surface area (Å²) in [5.41, 5.74) is 0.824. The number of fused-ring (bicyclic) bond motifs is 1. The number of benzene rings is 2. The summed E-state index contributed by atoms with van der Waals surface area (Å²) in [4.78, 5) is 25.4. The molecule has 0 N–H and O–H groups in total. The molecular formula is C23H21IO6. The maximum atomic E-state index is 12.8. The Morgan fingerprint density at radius 3 is 1.97 bits per heavy atom. The standard InChI is InChI=1S/C23H21IO6/c1-23(2)29-18-16(24)13-17(27-21(25)14-9-5-3-6-10-14)19(20(18)30-23)28-22(26)15-11-7-4-8-12-15/h3-13,17-20H,1-2H3/t17-,18+,19+,20+/m0/s1. The van der Waals surface area contributed by atoms with Gasteiger partial charge in [0.1, 0.15) is 12.2 Å². The molecule has 0 bridgehead atoms. The number of esters is 2. The predicted octanol–water partition coefficient (Wildman–Crippen LogP) is 4.29. The van der Waals surface area contributed by atoms with Crippen molar-refractivity contribution in [3.63, 3.8) is 0 Å². The van der Waals surface area contributed by atoms with E-state index in [9.17, 15) is 9.59 Å². The summed E-state index contributed by atoms with van der Waals surface area (Å²) < 4.78 is 24.4. The Morgan fingerprint density at radius 2 is 1.40 bits per heavy atom. The van der Waals surface area contributed by atoms with Crippen molar-refractivity contribution in [2.75, 3.05) is 0 Å². The van der Waals surface area contributed by atoms with E-state index in [2.05, 4.69) is 22.6 Å². The van der Waals surface area contributed by atoms with E-state index in [0.717, 1.165) is 3.58 Å². The molecule has 1 aliphatic heterocycles. The van der Waals surface area contributed by atoms with Crippen molar-refractivity contribution < 1.29 is 28.5 Å². The van der Waals surface area contributed by atoms with Crippen molar-refractivity contribution in [3.8, 4) is 0 Å². The molecule has 2 aromatic rings. The Hall–Kier alpha value is -2.23. The van der Waals surface area contributed by atoms with E-state index >= 15 is 0 Å². The van der Waals surface area contributed by atoms with Crippen LogP contribution in [-0.4, -0.2) is 42.1 Å². The Balaban J connectivity index is 1.62. The molecule has 1 aliphatic carbocycles. The van der Waals surface area contributed by atoms with Crippen LogP contribution in [0.5, 0.6) is 0 Å². The van der Waals surface area contributed by atoms with Gasteiger partial charge in [-0.2, -0.15) is 0 Å². The van der Waals surface area contributed by atoms with Crippen LogP contribution in [0.25, 0.3) is 0 Å². The molecule has 0 radical (unpaired) electrons. The number of carbonyl (C=O) groups is 2. The molecule has 30 heavy (non-hydrogen) atoms. The highest BCUT2D eigenvalue weighted by Gasteiger charge is 2.53. The van der Waals surface area contributed by atoms with Crippen molar-refractivity contribution in [1.29, 1.82) is 0 Å². The molecule has 0 aromatic heterocycles. The minimum absolute atomic E-state index is 0.402. The van der Waals surface area contributed by atoms with Crippen molar-refractivity contribution in [2.45, 2.75) is 44.1 Å². The summed E-state index contributed by atoms with van der Waals surface area (Å²) in [6.45, 7) is 3.60. The molecule has 2 aromatic carbocycles. The van der Waals surface area contributed by atoms with Crippen LogP contribution in [0.2, 0.25) is 0 Å². The lowest BCUT2D eigenvalue weighted by atomic mass is 9.95. The number of carbonyl (C=O) groups excluding carboxylic acids is 2. The fourth-order valence-electron chi connectivity index (χ4n) is 3.54. The van der Waals surface area contributed by atoms with E-state index in [4.69, 9.17) is 18.9 Å². The highest BCUT2D eigenvalue weighted by atomic mass is 127. The van der Waals surface area contributed by atoms with Crippen LogP contribution in [0.1, 0.15) is 34.6 Å². The van der Waals surface area contributed by atoms with Crippen molar-refractivity contribution in [3.05, 3.63) is 81.4 Å². The molecule has 1 saturated heterocycles. The number of hydrogen-bond acceptors (Lipinski definition) is 6. The number of halogens is 1. The molecule has 156 valence electrons. The lowest BCUT2D eigenvalue weighted by Gasteiger charge is -2.34. The highest BCUT2D eigenvalue weighted by molar-refractivity contribution is 14.1. The fraction of sp³-hybridized carbons (Fsp3) is 0.304. The normalized spacial score (nSPS) is 27.0. The van der Waals surface area contributed by atoms with E-state index in [1.807, 2.05) is 12.1 Å². The van der Waals surface area contributed by atoms with Gasteiger partial charge in [0.2, 0.25) is 0 Å². The summed E-state index contributed by atoms with van der Waals surface area (Å²) in [6.07, 6.45) is -0.901. The summed E-state index contributed by atoms with van der Waals surface area (Å²) in [7, 11) is 0. The minimum atomic E-state index is -0.852. The zero-order valence-corrected chi connectivity index (χ0v) is 18.6. The molecular weight excluding hydrogens is 499 g/mol. The van der Waals surface area contributed by atoms with Crippen LogP contribution in [0.4, 0.5) is 0 Å². The Labute approximate surface area is 188 Å². The second-order valence-electron chi connectivity index (χ2n) is 7.54. The van der Waals surface area contributed by atoms with Gasteiger partial charge in [0.25, 0.3) is 0 Å². The largest absolute Gasteiger partial charge is 0.452 e. The molecule has 0 unspecified atom stereocenters. The molecule has 0 amide bonds. The molecule has 2 aliphatic rings. The van der Waals surface area contributed by atoms with Crippen LogP contribution < -0.4 is 0 Å². The number of hydrogen-bond donors (Lipinski definition) is 0. The first-order valence-electron chi connectivity index (χ1n) is 9.59. The van der Waals surface area contributed by atoms with Crippen molar-refractivity contribution >= 4 is 34.5 Å². The van der Waals surface area contributed by atoms with Crippen molar-refractivity contribution in [2.24, 2.45) is 0 Å². The molecule has 4 atom stereocenters. The summed E-state index contributed by atoms with van der Waals surface area (Å²) in [5.74, 6) is -1.87. The first-order valence-corrected chi connectivity index (χ1v) is 10.7. The van der Waals surface area contributed by atoms with Crippen LogP contribution in [0.15, 0.2) is 70.3 Å². The van der Waals surface area contributed by atoms with Gasteiger partial charge >= 0.3 is 11.9 Å². The van der Waals surface area contributed by atoms with E-state index in [-0.39, 0.29) is 0 Å². The van der Waals surface area contributed by atoms with Gasteiger partial charge in [-0.25, -0.2) is 9.59 Å². The van der Waals surface area contributed by atoms with Crippen LogP contribution in [-0.2, 0) is 18.9 Å². The van der Waals surface area contributed by atoms with Gasteiger partial charge in [-0.3, -0.25) is 0 Å². The van der Waals surface area contributed by atoms with Gasteiger partial charge in [-0.05, 0) is 66.8 Å². The van der Waals surface area contributed by atoms with E-state index < -0.39 is 42.1 Å². The second kappa shape index (κ2) is 8.49. The minimum Gasteiger partial charge on any atom is -0.452 e. The molecule has 1 heterocycles. The van der Waals surface area contributed by atoms with Gasteiger partial charge in [-0.15, -0.1) is 0 Å². The van der Waals surface area contributed by atoms with Crippen LogP contribution in [0.3, 0.4) is 0 Å². The quantitative estimate of drug-likeness (QED) is 0.443. The first kappa shape index (κ1) is 21.0. The first-order chi connectivity index (χ1) is 14.3. The van der Waals surface area contributed by atoms with E-state index in [1.165, 1.54) is 0 Å². The molecule has 4 rings (SSSR count). The molecule has 7 heteroatoms. The second-order valence-corrected chi connectivity index (χ2v) is 8.79. The number of ether oxygens (including phenoxy) is 4. The fourth-order valence-corrected chi connectivity index (χ4v) is 4.38. The Morgan fingerprint density at radius 1 is 0.867 bits per heavy atom. The zero-order valence-electron chi connectivity index (χ0n) is 16.5. The molecule has 0 spiro atoms. The lowest BCUT2D eigenvalue weighted by Crippen LogP contribution is -2.50. The highest BCUT2D eigenvalue weighted by Crippen LogP contribution is 2.41. The Bertz CT molecular complexity index is 956. The molecule has 0 saturated carbocycles. The van der Waals surface area contributed by atoms with Gasteiger partial charge in [-0.1, -0.05) is 36.4 Å². The third kappa shape index (κ3) is 4.43. The summed E-state index contributed by atoms with van der Waals surface area (Å²) in [6, 6.07) is 17.4. The summed E-state index contributed by atoms with van der Waals surface area (Å²) >= 11 is 2.15. The van der Waals surface area contributed by atoms with Gasteiger partial charge in [0, 0.05) is 3.58 Å². The average molecular weight is 520 g/mol. The smallest absolute Gasteiger partial charge is 0.338 e. The maximum Gasteiger partial charge on any atom is 0.338 e. The van der Waals surface area contributed by atoms with Gasteiger partial charge in [0.05, 0.1) is 11.1 Å². The van der Waals surface area contributed by atoms with Crippen LogP contribution in [0, 0.1) is 0 Å². The Kier molecular flexibility index (Phi) is 5.95. The zero-order chi connectivity index (χ0) is 21.3. The van der Waals surface area contributed by atoms with Gasteiger partial charge < -0.3 is 18.9 Å². The van der Waals surface area contributed by atoms with E-state index in [1.54, 1.807) is 68.5 Å². The molecule has 1 fully saturated rings.